The predicted molar refractivity (Wildman–Crippen MR) is 123 cm³/mol. The number of carbonyl (C=O) groups excluding carboxylic acids is 1. The summed E-state index contributed by atoms with van der Waals surface area (Å²) in [6.45, 7) is 3.25. The molecular formula is C23H23ClN2O5S. The lowest BCUT2D eigenvalue weighted by atomic mass is 9.98. The number of carbonyl (C=O) groups is 1. The van der Waals surface area contributed by atoms with Crippen LogP contribution < -0.4 is 15.2 Å². The van der Waals surface area contributed by atoms with Gasteiger partial charge in [0.1, 0.15) is 16.4 Å². The average molecular weight is 475 g/mol. The summed E-state index contributed by atoms with van der Waals surface area (Å²) in [5.41, 5.74) is 0.377. The molecule has 0 bridgehead atoms. The fraction of sp³-hybridized carbons (Fsp3) is 0.174. The smallest absolute Gasteiger partial charge is 0.241 e. The van der Waals surface area contributed by atoms with E-state index in [0.717, 1.165) is 0 Å². The minimum absolute atomic E-state index is 0.00972. The highest BCUT2D eigenvalue weighted by Gasteiger charge is 2.20. The van der Waals surface area contributed by atoms with Crippen molar-refractivity contribution in [3.8, 4) is 11.5 Å². The van der Waals surface area contributed by atoms with Crippen LogP contribution in [-0.4, -0.2) is 19.4 Å². The molecule has 0 radical (unpaired) electrons. The van der Waals surface area contributed by atoms with Crippen LogP contribution in [0, 0.1) is 0 Å². The molecule has 0 unspecified atom stereocenters. The first-order valence-electron chi connectivity index (χ1n) is 9.64. The Hall–Kier alpha value is -2.91. The summed E-state index contributed by atoms with van der Waals surface area (Å²) in [5, 5.41) is 18.7. The number of anilines is 1. The maximum atomic E-state index is 12.4. The molecule has 0 aromatic heterocycles. The van der Waals surface area contributed by atoms with E-state index in [1.165, 1.54) is 18.2 Å². The summed E-state index contributed by atoms with van der Waals surface area (Å²) in [6.07, 6.45) is 0.0202. The number of primary sulfonamides is 1. The SMILES string of the molecule is CC(C)(O)c1cccc(Oc2ccc(NC(=O)Cc3ccccc3Cl)cc2S(N)(=O)=O)c1. The number of nitrogens with two attached hydrogens (primary N) is 1. The molecule has 0 spiro atoms. The minimum atomic E-state index is -4.16. The van der Waals surface area contributed by atoms with Gasteiger partial charge in [0, 0.05) is 10.7 Å². The third-order valence-corrected chi connectivity index (χ3v) is 5.91. The maximum absolute atomic E-state index is 12.4. The van der Waals surface area contributed by atoms with Crippen LogP contribution in [0.15, 0.2) is 71.6 Å². The summed E-state index contributed by atoms with van der Waals surface area (Å²) < 4.78 is 30.1. The Bertz CT molecular complexity index is 1250. The first-order chi connectivity index (χ1) is 14.9. The van der Waals surface area contributed by atoms with E-state index in [2.05, 4.69) is 5.32 Å². The van der Waals surface area contributed by atoms with Gasteiger partial charge in [0.05, 0.1) is 12.0 Å². The third kappa shape index (κ3) is 6.08. The number of amides is 1. The monoisotopic (exact) mass is 474 g/mol. The highest BCUT2D eigenvalue weighted by atomic mass is 35.5. The number of benzene rings is 3. The highest BCUT2D eigenvalue weighted by Crippen LogP contribution is 2.32. The molecule has 0 atom stereocenters. The number of rotatable bonds is 7. The topological polar surface area (TPSA) is 119 Å². The first kappa shape index (κ1) is 23.7. The Morgan fingerprint density at radius 3 is 2.47 bits per heavy atom. The second-order valence-electron chi connectivity index (χ2n) is 7.71. The van der Waals surface area contributed by atoms with Gasteiger partial charge in [-0.1, -0.05) is 41.9 Å². The molecule has 9 heteroatoms. The van der Waals surface area contributed by atoms with Gasteiger partial charge >= 0.3 is 0 Å². The quantitative estimate of drug-likeness (QED) is 0.474. The number of aliphatic hydroxyl groups is 1. The lowest BCUT2D eigenvalue weighted by Gasteiger charge is -2.19. The van der Waals surface area contributed by atoms with Crippen molar-refractivity contribution in [1.82, 2.24) is 0 Å². The summed E-state index contributed by atoms with van der Waals surface area (Å²) in [7, 11) is -4.16. The van der Waals surface area contributed by atoms with E-state index in [0.29, 0.717) is 21.9 Å². The van der Waals surface area contributed by atoms with Crippen LogP contribution in [0.3, 0.4) is 0 Å². The number of hydrogen-bond acceptors (Lipinski definition) is 5. The van der Waals surface area contributed by atoms with Crippen LogP contribution >= 0.6 is 11.6 Å². The Morgan fingerprint density at radius 2 is 1.81 bits per heavy atom. The lowest BCUT2D eigenvalue weighted by Crippen LogP contribution is -2.17. The average Bonchev–Trinajstić information content (AvgIpc) is 2.70. The van der Waals surface area contributed by atoms with Gasteiger partial charge < -0.3 is 15.2 Å². The van der Waals surface area contributed by atoms with E-state index in [1.807, 2.05) is 0 Å². The fourth-order valence-corrected chi connectivity index (χ4v) is 3.86. The Balaban J connectivity index is 1.85. The molecule has 0 aliphatic heterocycles. The van der Waals surface area contributed by atoms with Gasteiger partial charge in [-0.15, -0.1) is 0 Å². The van der Waals surface area contributed by atoms with Gasteiger partial charge in [-0.3, -0.25) is 4.79 Å². The molecule has 32 heavy (non-hydrogen) atoms. The Labute approximate surface area is 191 Å². The molecule has 0 fully saturated rings. The molecule has 0 aliphatic rings. The molecule has 3 aromatic rings. The summed E-state index contributed by atoms with van der Waals surface area (Å²) in [6, 6.07) is 17.7. The zero-order chi connectivity index (χ0) is 23.5. The van der Waals surface area contributed by atoms with Gasteiger partial charge in [-0.05, 0) is 61.4 Å². The standard InChI is InChI=1S/C23H23ClN2O5S/c1-23(2,28)16-7-5-8-18(13-16)31-20-11-10-17(14-21(20)32(25,29)30)26-22(27)12-15-6-3-4-9-19(15)24/h3-11,13-14,28H,12H2,1-2H3,(H,26,27)(H2,25,29,30). The molecule has 0 saturated heterocycles. The van der Waals surface area contributed by atoms with Crippen molar-refractivity contribution < 1.29 is 23.1 Å². The van der Waals surface area contributed by atoms with E-state index < -0.39 is 15.6 Å². The maximum Gasteiger partial charge on any atom is 0.241 e. The molecule has 3 rings (SSSR count). The molecule has 7 nitrogen and oxygen atoms in total. The molecule has 1 amide bonds. The number of sulfonamides is 1. The summed E-state index contributed by atoms with van der Waals surface area (Å²) in [5.74, 6) is -0.0560. The van der Waals surface area contributed by atoms with Crippen LogP contribution in [-0.2, 0) is 26.8 Å². The van der Waals surface area contributed by atoms with Gasteiger partial charge in [0.15, 0.2) is 0 Å². The zero-order valence-corrected chi connectivity index (χ0v) is 19.1. The number of halogens is 1. The molecule has 4 N–H and O–H groups in total. The zero-order valence-electron chi connectivity index (χ0n) is 17.5. The number of ether oxygens (including phenoxy) is 1. The van der Waals surface area contributed by atoms with E-state index in [-0.39, 0.29) is 28.7 Å². The number of hydrogen-bond donors (Lipinski definition) is 3. The van der Waals surface area contributed by atoms with E-state index in [9.17, 15) is 18.3 Å². The van der Waals surface area contributed by atoms with Gasteiger partial charge in [-0.25, -0.2) is 13.6 Å². The van der Waals surface area contributed by atoms with Gasteiger partial charge in [0.2, 0.25) is 15.9 Å². The van der Waals surface area contributed by atoms with Crippen molar-refractivity contribution in [2.24, 2.45) is 5.14 Å². The van der Waals surface area contributed by atoms with Crippen molar-refractivity contribution >= 4 is 33.2 Å². The second kappa shape index (κ2) is 9.30. The van der Waals surface area contributed by atoms with Crippen molar-refractivity contribution in [2.45, 2.75) is 30.8 Å². The predicted octanol–water partition coefficient (Wildman–Crippen LogP) is 4.19. The normalized spacial score (nSPS) is 11.8. The first-order valence-corrected chi connectivity index (χ1v) is 11.6. The second-order valence-corrected chi connectivity index (χ2v) is 9.65. The van der Waals surface area contributed by atoms with Crippen LogP contribution in [0.2, 0.25) is 5.02 Å². The van der Waals surface area contributed by atoms with Gasteiger partial charge in [-0.2, -0.15) is 0 Å². The van der Waals surface area contributed by atoms with Crippen LogP contribution in [0.25, 0.3) is 0 Å². The molecule has 0 heterocycles. The molecular weight excluding hydrogens is 452 g/mol. The number of nitrogens with one attached hydrogen (secondary N) is 1. The molecule has 0 saturated carbocycles. The lowest BCUT2D eigenvalue weighted by molar-refractivity contribution is -0.115. The van der Waals surface area contributed by atoms with Crippen molar-refractivity contribution in [2.75, 3.05) is 5.32 Å². The van der Waals surface area contributed by atoms with Crippen molar-refractivity contribution in [1.29, 1.82) is 0 Å². The van der Waals surface area contributed by atoms with Crippen molar-refractivity contribution in [3.05, 3.63) is 82.9 Å². The van der Waals surface area contributed by atoms with E-state index in [4.69, 9.17) is 21.5 Å². The Kier molecular flexibility index (Phi) is 6.90. The summed E-state index contributed by atoms with van der Waals surface area (Å²) >= 11 is 6.09. The van der Waals surface area contributed by atoms with E-state index in [1.54, 1.807) is 62.4 Å². The van der Waals surface area contributed by atoms with Crippen LogP contribution in [0.1, 0.15) is 25.0 Å². The summed E-state index contributed by atoms with van der Waals surface area (Å²) in [4.78, 5) is 12.1. The van der Waals surface area contributed by atoms with Crippen molar-refractivity contribution in [3.63, 3.8) is 0 Å². The highest BCUT2D eigenvalue weighted by molar-refractivity contribution is 7.89. The molecule has 0 aliphatic carbocycles. The largest absolute Gasteiger partial charge is 0.456 e. The van der Waals surface area contributed by atoms with Gasteiger partial charge in [0.25, 0.3) is 0 Å². The van der Waals surface area contributed by atoms with Crippen LogP contribution in [0.5, 0.6) is 11.5 Å². The Morgan fingerprint density at radius 1 is 1.09 bits per heavy atom. The van der Waals surface area contributed by atoms with Crippen LogP contribution in [0.4, 0.5) is 5.69 Å². The minimum Gasteiger partial charge on any atom is -0.456 e. The fourth-order valence-electron chi connectivity index (χ4n) is 2.98. The molecule has 3 aromatic carbocycles. The molecule has 168 valence electrons. The third-order valence-electron chi connectivity index (χ3n) is 4.61. The van der Waals surface area contributed by atoms with E-state index >= 15 is 0 Å².